The van der Waals surface area contributed by atoms with E-state index in [1.165, 1.54) is 12.4 Å². The maximum Gasteiger partial charge on any atom is 2.00 e. The summed E-state index contributed by atoms with van der Waals surface area (Å²) in [5.41, 5.74) is 16.6. The van der Waals surface area contributed by atoms with Crippen molar-refractivity contribution >= 4 is 23.8 Å². The van der Waals surface area contributed by atoms with Crippen molar-refractivity contribution in [2.75, 3.05) is 0 Å². The first-order valence-corrected chi connectivity index (χ1v) is 12.6. The fraction of sp³-hybridized carbons (Fsp3) is 0.188. The number of nitrogens with two attached hydrogens (primary N) is 2. The minimum Gasteiger partial charge on any atom is -0.545 e. The minimum atomic E-state index is -1.09. The number of amides is 2. The van der Waals surface area contributed by atoms with Crippen LogP contribution in [0, 0.1) is 41.5 Å². The molecule has 7 N–H and O–H groups in total. The molecular formula is C32H37N4O7Zn+. The van der Waals surface area contributed by atoms with Gasteiger partial charge in [0.2, 0.25) is 11.8 Å². The molecule has 4 aromatic rings. The van der Waals surface area contributed by atoms with Gasteiger partial charge in [0.25, 0.3) is 0 Å². The Morgan fingerprint density at radius 1 is 0.591 bits per heavy atom. The second kappa shape index (κ2) is 20.2. The minimum absolute atomic E-state index is 0. The van der Waals surface area contributed by atoms with E-state index in [0.29, 0.717) is 22.3 Å². The molecule has 0 fully saturated rings. The number of hydrogen-bond donors (Lipinski definition) is 2. The SMILES string of the molecule is Cc1cc(C)c(C(=O)[O-])c(C)c1.Cc1cc(C)c(C(=O)[O-])c(C)c1.NC(=O)c1cccnc1.NC(=O)c1cccnc1.[OH3+].[Zn+2]. The molecule has 12 heteroatoms. The third-order valence-electron chi connectivity index (χ3n) is 5.65. The first-order valence-electron chi connectivity index (χ1n) is 12.6. The number of carbonyl (C=O) groups excluding carboxylic acids is 4. The van der Waals surface area contributed by atoms with Crippen LogP contribution in [0.15, 0.2) is 73.3 Å². The van der Waals surface area contributed by atoms with Crippen LogP contribution in [0.5, 0.6) is 0 Å². The summed E-state index contributed by atoms with van der Waals surface area (Å²) >= 11 is 0. The van der Waals surface area contributed by atoms with Gasteiger partial charge in [0.1, 0.15) is 0 Å². The van der Waals surface area contributed by atoms with Gasteiger partial charge in [0, 0.05) is 35.9 Å². The fourth-order valence-electron chi connectivity index (χ4n) is 4.02. The van der Waals surface area contributed by atoms with E-state index in [0.717, 1.165) is 33.4 Å². The smallest absolute Gasteiger partial charge is 0.545 e. The van der Waals surface area contributed by atoms with Crippen LogP contribution < -0.4 is 21.7 Å². The summed E-state index contributed by atoms with van der Waals surface area (Å²) < 4.78 is 0. The molecule has 2 amide bonds. The predicted octanol–water partition coefficient (Wildman–Crippen LogP) is 1.39. The third kappa shape index (κ3) is 13.9. The van der Waals surface area contributed by atoms with Crippen molar-refractivity contribution in [1.82, 2.24) is 9.97 Å². The number of carboxylic acids is 2. The van der Waals surface area contributed by atoms with Gasteiger partial charge in [0.05, 0.1) is 23.1 Å². The summed E-state index contributed by atoms with van der Waals surface area (Å²) in [4.78, 5) is 49.5. The third-order valence-corrected chi connectivity index (χ3v) is 5.65. The van der Waals surface area contributed by atoms with Crippen LogP contribution >= 0.6 is 0 Å². The molecule has 0 unspecified atom stereocenters. The molecule has 2 aromatic heterocycles. The first kappa shape index (κ1) is 41.3. The van der Waals surface area contributed by atoms with Crippen LogP contribution in [0.2, 0.25) is 0 Å². The standard InChI is InChI=1S/2C10H12O2.2C6H6N2O.H2O.Zn/c2*1-6-4-7(2)9(10(11)12)8(3)5-6;2*7-6(9)5-2-1-3-8-4-5;;/h2*4-5H,1-3H3,(H,11,12);2*1-4H,(H2,7,9);1H2;/q;;;;;+2/p-1. The average molecular weight is 655 g/mol. The number of pyridine rings is 2. The van der Waals surface area contributed by atoms with Gasteiger partial charge in [-0.1, -0.05) is 35.4 Å². The van der Waals surface area contributed by atoms with Gasteiger partial charge in [-0.25, -0.2) is 0 Å². The van der Waals surface area contributed by atoms with Crippen LogP contribution in [0.3, 0.4) is 0 Å². The second-order valence-corrected chi connectivity index (χ2v) is 9.33. The van der Waals surface area contributed by atoms with E-state index in [2.05, 4.69) is 9.97 Å². The number of carbonyl (C=O) groups is 4. The van der Waals surface area contributed by atoms with Gasteiger partial charge in [-0.05, 0) is 88.1 Å². The fourth-order valence-corrected chi connectivity index (χ4v) is 4.02. The average Bonchev–Trinajstić information content (AvgIpc) is 2.89. The number of aryl methyl sites for hydroxylation is 6. The molecule has 0 aliphatic carbocycles. The normalized spacial score (nSPS) is 9.05. The second-order valence-electron chi connectivity index (χ2n) is 9.33. The van der Waals surface area contributed by atoms with Gasteiger partial charge in [-0.15, -0.1) is 0 Å². The molecule has 2 aromatic carbocycles. The number of benzene rings is 2. The van der Waals surface area contributed by atoms with Crippen molar-refractivity contribution in [3.8, 4) is 0 Å². The monoisotopic (exact) mass is 653 g/mol. The molecule has 2 heterocycles. The van der Waals surface area contributed by atoms with E-state index in [4.69, 9.17) is 11.5 Å². The summed E-state index contributed by atoms with van der Waals surface area (Å²) in [5.74, 6) is -3.07. The van der Waals surface area contributed by atoms with Gasteiger partial charge < -0.3 is 36.7 Å². The van der Waals surface area contributed by atoms with E-state index >= 15 is 0 Å². The zero-order valence-corrected chi connectivity index (χ0v) is 28.7. The molecule has 44 heavy (non-hydrogen) atoms. The zero-order valence-electron chi connectivity index (χ0n) is 25.7. The topological polar surface area (TPSA) is 225 Å². The van der Waals surface area contributed by atoms with Crippen LogP contribution in [-0.2, 0) is 25.0 Å². The van der Waals surface area contributed by atoms with E-state index in [9.17, 15) is 29.4 Å². The Bertz CT molecular complexity index is 1380. The van der Waals surface area contributed by atoms with Crippen LogP contribution in [0.4, 0.5) is 0 Å². The Labute approximate surface area is 269 Å². The number of carboxylic acid groups (broad SMARTS) is 2. The maximum absolute atomic E-state index is 10.6. The molecule has 0 aliphatic rings. The summed E-state index contributed by atoms with van der Waals surface area (Å²) in [7, 11) is 0. The molecular weight excluding hydrogens is 618 g/mol. The molecule has 0 bridgehead atoms. The van der Waals surface area contributed by atoms with Crippen molar-refractivity contribution < 1.29 is 54.3 Å². The van der Waals surface area contributed by atoms with E-state index in [1.54, 1.807) is 64.4 Å². The van der Waals surface area contributed by atoms with Crippen molar-refractivity contribution in [1.29, 1.82) is 0 Å². The van der Waals surface area contributed by atoms with Crippen molar-refractivity contribution in [2.45, 2.75) is 41.5 Å². The molecule has 228 valence electrons. The van der Waals surface area contributed by atoms with Gasteiger partial charge in [0.15, 0.2) is 0 Å². The summed E-state index contributed by atoms with van der Waals surface area (Å²) in [6.45, 7) is 11.0. The van der Waals surface area contributed by atoms with Gasteiger partial charge in [-0.3, -0.25) is 19.6 Å². The molecule has 0 radical (unpaired) electrons. The Balaban J connectivity index is 0. The first-order chi connectivity index (χ1) is 19.6. The number of rotatable bonds is 4. The largest absolute Gasteiger partial charge is 2.00 e. The Hall–Kier alpha value is -4.80. The van der Waals surface area contributed by atoms with Crippen molar-refractivity contribution in [2.24, 2.45) is 11.5 Å². The predicted molar refractivity (Wildman–Crippen MR) is 160 cm³/mol. The van der Waals surface area contributed by atoms with Gasteiger partial charge in [-0.2, -0.15) is 0 Å². The van der Waals surface area contributed by atoms with E-state index < -0.39 is 23.8 Å². The summed E-state index contributed by atoms with van der Waals surface area (Å²) in [5, 5.41) is 21.3. The Morgan fingerprint density at radius 2 is 0.864 bits per heavy atom. The number of aromatic nitrogens is 2. The van der Waals surface area contributed by atoms with E-state index in [1.807, 2.05) is 38.1 Å². The Kier molecular flexibility index (Phi) is 18.9. The Morgan fingerprint density at radius 3 is 1.02 bits per heavy atom. The van der Waals surface area contributed by atoms with Crippen molar-refractivity contribution in [3.05, 3.63) is 129 Å². The van der Waals surface area contributed by atoms with Crippen LogP contribution in [-0.4, -0.2) is 33.7 Å². The molecule has 11 nitrogen and oxygen atoms in total. The van der Waals surface area contributed by atoms with Crippen LogP contribution in [0.1, 0.15) is 74.8 Å². The molecule has 4 rings (SSSR count). The molecule has 0 saturated heterocycles. The quantitative estimate of drug-likeness (QED) is 0.241. The maximum atomic E-state index is 10.6. The number of aromatic carboxylic acids is 2. The number of primary amides is 2. The zero-order chi connectivity index (χ0) is 32.0. The number of hydrogen-bond acceptors (Lipinski definition) is 8. The van der Waals surface area contributed by atoms with E-state index in [-0.39, 0.29) is 25.0 Å². The van der Waals surface area contributed by atoms with Crippen LogP contribution in [0.25, 0.3) is 0 Å². The van der Waals surface area contributed by atoms with Crippen molar-refractivity contribution in [3.63, 3.8) is 0 Å². The molecule has 0 saturated carbocycles. The number of nitrogens with zero attached hydrogens (tertiary/aromatic N) is 2. The molecule has 0 atom stereocenters. The molecule has 0 aliphatic heterocycles. The van der Waals surface area contributed by atoms with Gasteiger partial charge >= 0.3 is 19.5 Å². The summed E-state index contributed by atoms with van der Waals surface area (Å²) in [6, 6.07) is 14.0. The molecule has 0 spiro atoms. The summed E-state index contributed by atoms with van der Waals surface area (Å²) in [6.07, 6.45) is 6.05.